The fraction of sp³-hybridized carbons (Fsp3) is 0.923. The van der Waals surface area contributed by atoms with Gasteiger partial charge in [0, 0.05) is 13.1 Å². The van der Waals surface area contributed by atoms with Crippen molar-refractivity contribution in [3.63, 3.8) is 0 Å². The molecule has 4 nitrogen and oxygen atoms in total. The first kappa shape index (κ1) is 14.5. The maximum Gasteiger partial charge on any atom is 0.226 e. The maximum absolute atomic E-state index is 11.7. The number of rotatable bonds is 6. The number of hydrogen-bond donors (Lipinski definition) is 2. The van der Waals surface area contributed by atoms with E-state index in [0.29, 0.717) is 6.54 Å². The number of carbonyl (C=O) groups excluding carboxylic acids is 1. The van der Waals surface area contributed by atoms with Gasteiger partial charge in [-0.2, -0.15) is 0 Å². The summed E-state index contributed by atoms with van der Waals surface area (Å²) in [7, 11) is 0. The smallest absolute Gasteiger partial charge is 0.226 e. The van der Waals surface area contributed by atoms with E-state index in [4.69, 9.17) is 5.73 Å². The van der Waals surface area contributed by atoms with Crippen molar-refractivity contribution >= 4 is 5.91 Å². The molecular formula is C13H27N3O. The van der Waals surface area contributed by atoms with Crippen molar-refractivity contribution in [2.24, 2.45) is 11.1 Å². The number of likely N-dealkylation sites (tertiary alicyclic amines) is 1. The molecule has 0 aliphatic carbocycles. The molecule has 0 saturated carbocycles. The largest absolute Gasteiger partial charge is 0.356 e. The van der Waals surface area contributed by atoms with Crippen LogP contribution in [0.25, 0.3) is 0 Å². The molecule has 1 rings (SSSR count). The Balaban J connectivity index is 2.09. The van der Waals surface area contributed by atoms with E-state index in [2.05, 4.69) is 10.2 Å². The molecule has 1 heterocycles. The molecule has 0 bridgehead atoms. The van der Waals surface area contributed by atoms with Crippen LogP contribution in [0.4, 0.5) is 0 Å². The van der Waals surface area contributed by atoms with Gasteiger partial charge >= 0.3 is 0 Å². The molecule has 0 aromatic heterocycles. The molecule has 4 heteroatoms. The first-order chi connectivity index (χ1) is 8.06. The van der Waals surface area contributed by atoms with Gasteiger partial charge in [-0.25, -0.2) is 0 Å². The molecule has 0 aromatic carbocycles. The van der Waals surface area contributed by atoms with Gasteiger partial charge in [-0.15, -0.1) is 0 Å². The average Bonchev–Trinajstić information content (AvgIpc) is 2.35. The molecular weight excluding hydrogens is 214 g/mol. The molecule has 1 aliphatic heterocycles. The van der Waals surface area contributed by atoms with Crippen LogP contribution in [0, 0.1) is 5.41 Å². The van der Waals surface area contributed by atoms with Crippen molar-refractivity contribution < 1.29 is 4.79 Å². The van der Waals surface area contributed by atoms with Crippen molar-refractivity contribution in [2.75, 3.05) is 32.7 Å². The summed E-state index contributed by atoms with van der Waals surface area (Å²) in [4.78, 5) is 14.2. The molecule has 0 spiro atoms. The minimum absolute atomic E-state index is 0.0682. The van der Waals surface area contributed by atoms with Crippen molar-refractivity contribution in [3.05, 3.63) is 0 Å². The number of nitrogens with one attached hydrogen (secondary N) is 1. The minimum atomic E-state index is -0.439. The summed E-state index contributed by atoms with van der Waals surface area (Å²) in [6.45, 7) is 8.47. The number of carbonyl (C=O) groups is 1. The van der Waals surface area contributed by atoms with E-state index >= 15 is 0 Å². The molecule has 1 saturated heterocycles. The Bertz CT molecular complexity index is 235. The number of piperidine rings is 1. The van der Waals surface area contributed by atoms with E-state index in [-0.39, 0.29) is 5.91 Å². The second-order valence-electron chi connectivity index (χ2n) is 5.60. The van der Waals surface area contributed by atoms with Gasteiger partial charge in [-0.3, -0.25) is 4.79 Å². The highest BCUT2D eigenvalue weighted by Crippen LogP contribution is 2.12. The molecule has 1 amide bonds. The summed E-state index contributed by atoms with van der Waals surface area (Å²) < 4.78 is 0. The molecule has 17 heavy (non-hydrogen) atoms. The lowest BCUT2D eigenvalue weighted by Crippen LogP contribution is -2.42. The standard InChI is InChI=1S/C13H27N3O/c1-13(2,11-14)12(17)15-7-6-10-16-8-4-3-5-9-16/h3-11,14H2,1-2H3,(H,15,17). The quantitative estimate of drug-likeness (QED) is 0.681. The molecule has 0 unspecified atom stereocenters. The lowest BCUT2D eigenvalue weighted by molar-refractivity contribution is -0.128. The second kappa shape index (κ2) is 6.97. The van der Waals surface area contributed by atoms with Crippen LogP contribution in [0.3, 0.4) is 0 Å². The van der Waals surface area contributed by atoms with Crippen molar-refractivity contribution in [1.29, 1.82) is 0 Å². The summed E-state index contributed by atoms with van der Waals surface area (Å²) >= 11 is 0. The lowest BCUT2D eigenvalue weighted by atomic mass is 9.93. The predicted octanol–water partition coefficient (Wildman–Crippen LogP) is 0.964. The van der Waals surface area contributed by atoms with E-state index in [0.717, 1.165) is 19.5 Å². The van der Waals surface area contributed by atoms with Crippen LogP contribution in [0.5, 0.6) is 0 Å². The van der Waals surface area contributed by atoms with Crippen LogP contribution in [0.15, 0.2) is 0 Å². The first-order valence-electron chi connectivity index (χ1n) is 6.77. The molecule has 1 aliphatic rings. The number of nitrogens with zero attached hydrogens (tertiary/aromatic N) is 1. The Kier molecular flexibility index (Phi) is 5.92. The fourth-order valence-corrected chi connectivity index (χ4v) is 2.02. The van der Waals surface area contributed by atoms with Crippen molar-refractivity contribution in [2.45, 2.75) is 39.5 Å². The summed E-state index contributed by atoms with van der Waals surface area (Å²) in [6, 6.07) is 0. The van der Waals surface area contributed by atoms with Gasteiger partial charge in [0.25, 0.3) is 0 Å². The number of hydrogen-bond acceptors (Lipinski definition) is 3. The molecule has 0 radical (unpaired) electrons. The molecule has 0 atom stereocenters. The topological polar surface area (TPSA) is 58.4 Å². The third-order valence-electron chi connectivity index (χ3n) is 3.51. The Morgan fingerprint density at radius 3 is 2.53 bits per heavy atom. The van der Waals surface area contributed by atoms with Crippen LogP contribution < -0.4 is 11.1 Å². The Hall–Kier alpha value is -0.610. The van der Waals surface area contributed by atoms with E-state index in [1.807, 2.05) is 13.8 Å². The van der Waals surface area contributed by atoms with Gasteiger partial charge in [-0.05, 0) is 52.7 Å². The molecule has 1 fully saturated rings. The van der Waals surface area contributed by atoms with Crippen molar-refractivity contribution in [1.82, 2.24) is 10.2 Å². The van der Waals surface area contributed by atoms with E-state index < -0.39 is 5.41 Å². The minimum Gasteiger partial charge on any atom is -0.356 e. The van der Waals surface area contributed by atoms with Crippen LogP contribution >= 0.6 is 0 Å². The van der Waals surface area contributed by atoms with Gasteiger partial charge < -0.3 is 16.0 Å². The van der Waals surface area contributed by atoms with Gasteiger partial charge in [0.05, 0.1) is 5.41 Å². The van der Waals surface area contributed by atoms with Gasteiger partial charge in [-0.1, -0.05) is 6.42 Å². The molecule has 100 valence electrons. The summed E-state index contributed by atoms with van der Waals surface area (Å²) in [5, 5.41) is 2.97. The van der Waals surface area contributed by atoms with Crippen LogP contribution in [-0.4, -0.2) is 43.5 Å². The van der Waals surface area contributed by atoms with E-state index in [1.165, 1.54) is 32.4 Å². The van der Waals surface area contributed by atoms with E-state index in [1.54, 1.807) is 0 Å². The zero-order valence-electron chi connectivity index (χ0n) is 11.3. The van der Waals surface area contributed by atoms with Crippen LogP contribution in [0.2, 0.25) is 0 Å². The summed E-state index contributed by atoms with van der Waals surface area (Å²) in [5.41, 5.74) is 5.12. The zero-order valence-corrected chi connectivity index (χ0v) is 11.3. The lowest BCUT2D eigenvalue weighted by Gasteiger charge is -2.26. The predicted molar refractivity (Wildman–Crippen MR) is 70.8 cm³/mol. The molecule has 0 aromatic rings. The Labute approximate surface area is 105 Å². The monoisotopic (exact) mass is 241 g/mol. The van der Waals surface area contributed by atoms with E-state index in [9.17, 15) is 4.79 Å². The fourth-order valence-electron chi connectivity index (χ4n) is 2.02. The highest BCUT2D eigenvalue weighted by atomic mass is 16.2. The average molecular weight is 241 g/mol. The number of nitrogens with two attached hydrogens (primary N) is 1. The van der Waals surface area contributed by atoms with Gasteiger partial charge in [0.1, 0.15) is 0 Å². The zero-order chi connectivity index (χ0) is 12.7. The third-order valence-corrected chi connectivity index (χ3v) is 3.51. The number of amides is 1. The third kappa shape index (κ3) is 5.04. The first-order valence-corrected chi connectivity index (χ1v) is 6.77. The highest BCUT2D eigenvalue weighted by Gasteiger charge is 2.24. The van der Waals surface area contributed by atoms with Crippen LogP contribution in [0.1, 0.15) is 39.5 Å². The second-order valence-corrected chi connectivity index (χ2v) is 5.60. The summed E-state index contributed by atoms with van der Waals surface area (Å²) in [6.07, 6.45) is 5.06. The Morgan fingerprint density at radius 1 is 1.29 bits per heavy atom. The molecule has 3 N–H and O–H groups in total. The SMILES string of the molecule is CC(C)(CN)C(=O)NCCCN1CCCCC1. The maximum atomic E-state index is 11.7. The Morgan fingerprint density at radius 2 is 1.94 bits per heavy atom. The van der Waals surface area contributed by atoms with Gasteiger partial charge in [0.15, 0.2) is 0 Å². The summed E-state index contributed by atoms with van der Waals surface area (Å²) in [5.74, 6) is 0.0682. The van der Waals surface area contributed by atoms with Gasteiger partial charge in [0.2, 0.25) is 5.91 Å². The van der Waals surface area contributed by atoms with Crippen LogP contribution in [-0.2, 0) is 4.79 Å². The highest BCUT2D eigenvalue weighted by molar-refractivity contribution is 5.81. The van der Waals surface area contributed by atoms with Crippen molar-refractivity contribution in [3.8, 4) is 0 Å². The normalized spacial score (nSPS) is 18.1.